The van der Waals surface area contributed by atoms with Crippen LogP contribution in [0.1, 0.15) is 19.3 Å². The standard InChI is InChI=1S/C13H11ClFNOS/c14-8-5-6-11(10(15)7-8)16-13(18)9-3-1-2-4-12(9)17/h3,5-7H,1-2,4H2,(H,16,18). The number of Topliss-reactive ketones (excluding diaryl/α,β-unsaturated/α-hetero) is 1. The second-order valence-electron chi connectivity index (χ2n) is 4.01. The van der Waals surface area contributed by atoms with E-state index in [2.05, 4.69) is 5.32 Å². The van der Waals surface area contributed by atoms with Crippen molar-refractivity contribution in [1.29, 1.82) is 0 Å². The predicted molar refractivity (Wildman–Crippen MR) is 74.6 cm³/mol. The van der Waals surface area contributed by atoms with Crippen LogP contribution in [0, 0.1) is 5.82 Å². The van der Waals surface area contributed by atoms with Crippen LogP contribution in [0.4, 0.5) is 10.1 Å². The Kier molecular flexibility index (Phi) is 4.09. The first-order valence-electron chi connectivity index (χ1n) is 5.57. The highest BCUT2D eigenvalue weighted by atomic mass is 35.5. The number of rotatable bonds is 2. The largest absolute Gasteiger partial charge is 0.344 e. The molecular formula is C13H11ClFNOS. The van der Waals surface area contributed by atoms with Gasteiger partial charge in [-0.1, -0.05) is 29.9 Å². The SMILES string of the molecule is O=C1CCCC=C1C(=S)Nc1ccc(Cl)cc1F. The molecular weight excluding hydrogens is 273 g/mol. The molecule has 0 unspecified atom stereocenters. The highest BCUT2D eigenvalue weighted by Crippen LogP contribution is 2.21. The highest BCUT2D eigenvalue weighted by molar-refractivity contribution is 7.81. The molecule has 0 aromatic heterocycles. The molecule has 0 spiro atoms. The molecule has 1 aromatic carbocycles. The monoisotopic (exact) mass is 283 g/mol. The molecule has 1 aliphatic carbocycles. The van der Waals surface area contributed by atoms with Gasteiger partial charge in [-0.15, -0.1) is 0 Å². The maximum Gasteiger partial charge on any atom is 0.165 e. The van der Waals surface area contributed by atoms with E-state index < -0.39 is 5.82 Å². The minimum atomic E-state index is -0.492. The van der Waals surface area contributed by atoms with Crippen molar-refractivity contribution in [3.63, 3.8) is 0 Å². The summed E-state index contributed by atoms with van der Waals surface area (Å²) in [5.41, 5.74) is 0.703. The summed E-state index contributed by atoms with van der Waals surface area (Å²) in [6.07, 6.45) is 3.97. The number of ketones is 1. The first-order valence-corrected chi connectivity index (χ1v) is 6.36. The van der Waals surface area contributed by atoms with E-state index in [-0.39, 0.29) is 16.5 Å². The highest BCUT2D eigenvalue weighted by Gasteiger charge is 2.18. The number of thiocarbonyl (C=S) groups is 1. The second kappa shape index (κ2) is 5.59. The van der Waals surface area contributed by atoms with E-state index in [1.54, 1.807) is 12.1 Å². The first-order chi connectivity index (χ1) is 8.58. The Morgan fingerprint density at radius 2 is 2.22 bits per heavy atom. The summed E-state index contributed by atoms with van der Waals surface area (Å²) >= 11 is 10.8. The lowest BCUT2D eigenvalue weighted by molar-refractivity contribution is -0.115. The minimum Gasteiger partial charge on any atom is -0.344 e. The van der Waals surface area contributed by atoms with Gasteiger partial charge in [0.05, 0.1) is 5.69 Å². The van der Waals surface area contributed by atoms with Crippen LogP contribution < -0.4 is 5.32 Å². The van der Waals surface area contributed by atoms with E-state index in [0.29, 0.717) is 17.0 Å². The topological polar surface area (TPSA) is 29.1 Å². The summed E-state index contributed by atoms with van der Waals surface area (Å²) in [5.74, 6) is -0.484. The van der Waals surface area contributed by atoms with Gasteiger partial charge in [-0.25, -0.2) is 4.39 Å². The maximum absolute atomic E-state index is 13.6. The number of carbonyl (C=O) groups is 1. The Morgan fingerprint density at radius 1 is 1.44 bits per heavy atom. The molecule has 2 nitrogen and oxygen atoms in total. The number of allylic oxidation sites excluding steroid dienone is 1. The van der Waals surface area contributed by atoms with Gasteiger partial charge in [0.2, 0.25) is 0 Å². The van der Waals surface area contributed by atoms with E-state index in [9.17, 15) is 9.18 Å². The lowest BCUT2D eigenvalue weighted by Gasteiger charge is -2.14. The number of nitrogens with one attached hydrogen (secondary N) is 1. The first kappa shape index (κ1) is 13.2. The Balaban J connectivity index is 2.16. The molecule has 2 rings (SSSR count). The number of anilines is 1. The van der Waals surface area contributed by atoms with Crippen LogP contribution in [0.15, 0.2) is 29.8 Å². The number of halogens is 2. The third-order valence-electron chi connectivity index (χ3n) is 2.68. The second-order valence-corrected chi connectivity index (χ2v) is 4.86. The molecule has 1 aromatic rings. The van der Waals surface area contributed by atoms with Crippen molar-refractivity contribution in [2.45, 2.75) is 19.3 Å². The Morgan fingerprint density at radius 3 is 2.89 bits per heavy atom. The van der Waals surface area contributed by atoms with Crippen LogP contribution in [0.5, 0.6) is 0 Å². The number of benzene rings is 1. The van der Waals surface area contributed by atoms with Crippen LogP contribution in [-0.4, -0.2) is 10.8 Å². The summed E-state index contributed by atoms with van der Waals surface area (Å²) < 4.78 is 13.6. The maximum atomic E-state index is 13.6. The summed E-state index contributed by atoms with van der Waals surface area (Å²) in [4.78, 5) is 11.9. The molecule has 0 bridgehead atoms. The van der Waals surface area contributed by atoms with Crippen molar-refractivity contribution in [2.24, 2.45) is 0 Å². The zero-order valence-corrected chi connectivity index (χ0v) is 11.1. The van der Waals surface area contributed by atoms with Gasteiger partial charge >= 0.3 is 0 Å². The van der Waals surface area contributed by atoms with Crippen LogP contribution in [0.2, 0.25) is 5.02 Å². The molecule has 0 fully saturated rings. The van der Waals surface area contributed by atoms with Crippen LogP contribution >= 0.6 is 23.8 Å². The van der Waals surface area contributed by atoms with E-state index >= 15 is 0 Å². The fourth-order valence-electron chi connectivity index (χ4n) is 1.76. The Hall–Kier alpha value is -1.26. The zero-order valence-electron chi connectivity index (χ0n) is 9.50. The fourth-order valence-corrected chi connectivity index (χ4v) is 2.22. The van der Waals surface area contributed by atoms with E-state index in [1.807, 2.05) is 0 Å². The van der Waals surface area contributed by atoms with E-state index in [1.165, 1.54) is 12.1 Å². The normalized spacial score (nSPS) is 15.2. The third-order valence-corrected chi connectivity index (χ3v) is 3.24. The van der Waals surface area contributed by atoms with Crippen molar-refractivity contribution < 1.29 is 9.18 Å². The van der Waals surface area contributed by atoms with Gasteiger partial charge in [0.15, 0.2) is 5.78 Å². The van der Waals surface area contributed by atoms with Crippen LogP contribution in [0.25, 0.3) is 0 Å². The summed E-state index contributed by atoms with van der Waals surface area (Å²) in [5, 5.41) is 3.06. The van der Waals surface area contributed by atoms with Gasteiger partial charge < -0.3 is 5.32 Å². The van der Waals surface area contributed by atoms with Crippen molar-refractivity contribution in [3.05, 3.63) is 40.7 Å². The fraction of sp³-hybridized carbons (Fsp3) is 0.231. The van der Waals surface area contributed by atoms with Crippen molar-refractivity contribution in [2.75, 3.05) is 5.32 Å². The Bertz CT molecular complexity index is 542. The van der Waals surface area contributed by atoms with Crippen molar-refractivity contribution in [1.82, 2.24) is 0 Å². The quantitative estimate of drug-likeness (QED) is 0.835. The van der Waals surface area contributed by atoms with Crippen molar-refractivity contribution >= 4 is 40.3 Å². The average molecular weight is 284 g/mol. The summed E-state index contributed by atoms with van der Waals surface area (Å²) in [7, 11) is 0. The lowest BCUT2D eigenvalue weighted by atomic mass is 9.98. The molecule has 0 radical (unpaired) electrons. The van der Waals surface area contributed by atoms with E-state index in [4.69, 9.17) is 23.8 Å². The molecule has 0 amide bonds. The third kappa shape index (κ3) is 2.94. The predicted octanol–water partition coefficient (Wildman–Crippen LogP) is 3.90. The average Bonchev–Trinajstić information content (AvgIpc) is 2.33. The molecule has 5 heteroatoms. The smallest absolute Gasteiger partial charge is 0.165 e. The number of carbonyl (C=O) groups excluding carboxylic acids is 1. The Labute approximate surface area is 115 Å². The van der Waals surface area contributed by atoms with Crippen LogP contribution in [-0.2, 0) is 4.79 Å². The molecule has 18 heavy (non-hydrogen) atoms. The minimum absolute atomic E-state index is 0.00752. The molecule has 0 aliphatic heterocycles. The van der Waals surface area contributed by atoms with Crippen LogP contribution in [0.3, 0.4) is 0 Å². The van der Waals surface area contributed by atoms with Gasteiger partial charge in [-0.2, -0.15) is 0 Å². The number of hydrogen-bond acceptors (Lipinski definition) is 2. The van der Waals surface area contributed by atoms with Gasteiger partial charge in [0.25, 0.3) is 0 Å². The van der Waals surface area contributed by atoms with Gasteiger partial charge in [0, 0.05) is 17.0 Å². The lowest BCUT2D eigenvalue weighted by Crippen LogP contribution is -2.21. The molecule has 94 valence electrons. The molecule has 1 N–H and O–H groups in total. The molecule has 1 aliphatic rings. The van der Waals surface area contributed by atoms with Gasteiger partial charge in [0.1, 0.15) is 10.8 Å². The van der Waals surface area contributed by atoms with Gasteiger partial charge in [-0.3, -0.25) is 4.79 Å². The molecule has 0 heterocycles. The van der Waals surface area contributed by atoms with E-state index in [0.717, 1.165) is 12.8 Å². The molecule has 0 saturated carbocycles. The van der Waals surface area contributed by atoms with Gasteiger partial charge in [-0.05, 0) is 31.0 Å². The zero-order chi connectivity index (χ0) is 13.1. The molecule has 0 atom stereocenters. The molecule has 0 saturated heterocycles. The summed E-state index contributed by atoms with van der Waals surface area (Å²) in [6, 6.07) is 4.26. The summed E-state index contributed by atoms with van der Waals surface area (Å²) in [6.45, 7) is 0. The van der Waals surface area contributed by atoms with Crippen molar-refractivity contribution in [3.8, 4) is 0 Å². The number of hydrogen-bond donors (Lipinski definition) is 1.